The summed E-state index contributed by atoms with van der Waals surface area (Å²) in [6, 6.07) is 16.3. The highest BCUT2D eigenvalue weighted by atomic mass is 16.5. The Balaban J connectivity index is 1.50. The molecule has 2 aliphatic rings. The van der Waals surface area contributed by atoms with E-state index in [1.807, 2.05) is 47.9 Å². The van der Waals surface area contributed by atoms with Crippen molar-refractivity contribution in [2.45, 2.75) is 26.7 Å². The van der Waals surface area contributed by atoms with Crippen molar-refractivity contribution in [3.63, 3.8) is 0 Å². The van der Waals surface area contributed by atoms with Gasteiger partial charge in [0.05, 0.1) is 13.0 Å². The first kappa shape index (κ1) is 23.1. The molecule has 2 saturated heterocycles. The minimum absolute atomic E-state index is 0.000466. The number of amides is 2. The summed E-state index contributed by atoms with van der Waals surface area (Å²) in [5.74, 6) is 0.786. The fraction of sp³-hybridized carbons (Fsp3) is 0.481. The van der Waals surface area contributed by atoms with E-state index in [1.165, 1.54) is 11.3 Å². The average Bonchev–Trinajstić information content (AvgIpc) is 3.29. The Hall–Kier alpha value is -3.02. The van der Waals surface area contributed by atoms with E-state index in [4.69, 9.17) is 4.74 Å². The maximum atomic E-state index is 13.7. The number of hydrogen-bond donors (Lipinski definition) is 0. The Labute approximate surface area is 197 Å². The lowest BCUT2D eigenvalue weighted by atomic mass is 9.87. The van der Waals surface area contributed by atoms with E-state index < -0.39 is 0 Å². The quantitative estimate of drug-likeness (QED) is 0.701. The molecule has 2 amide bonds. The van der Waals surface area contributed by atoms with Crippen molar-refractivity contribution in [1.82, 2.24) is 9.80 Å². The fourth-order valence-electron chi connectivity index (χ4n) is 5.11. The van der Waals surface area contributed by atoms with Gasteiger partial charge in [0, 0.05) is 56.8 Å². The third-order valence-electron chi connectivity index (χ3n) is 7.03. The molecule has 33 heavy (non-hydrogen) atoms. The molecule has 2 aromatic rings. The van der Waals surface area contributed by atoms with Crippen molar-refractivity contribution in [2.24, 2.45) is 11.8 Å². The molecule has 0 bridgehead atoms. The molecule has 176 valence electrons. The smallest absolute Gasteiger partial charge is 0.228 e. The molecule has 2 atom stereocenters. The number of para-hydroxylation sites is 1. The number of hydrogen-bond acceptors (Lipinski definition) is 4. The van der Waals surface area contributed by atoms with Crippen molar-refractivity contribution in [2.75, 3.05) is 51.3 Å². The highest BCUT2D eigenvalue weighted by Gasteiger charge is 2.42. The Morgan fingerprint density at radius 3 is 2.18 bits per heavy atom. The van der Waals surface area contributed by atoms with Crippen LogP contribution in [0.3, 0.4) is 0 Å². The number of aryl methyl sites for hydroxylation is 1. The summed E-state index contributed by atoms with van der Waals surface area (Å²) in [5, 5.41) is 0. The van der Waals surface area contributed by atoms with E-state index >= 15 is 0 Å². The van der Waals surface area contributed by atoms with Crippen molar-refractivity contribution in [3.05, 3.63) is 59.7 Å². The SMILES string of the molecule is COc1ccc([C@@H]2CN(C(=O)C(C)C)C[C@H]2C(=O)N2CCN(c3ccccc3C)CC2)cc1. The highest BCUT2D eigenvalue weighted by molar-refractivity contribution is 5.84. The molecule has 0 unspecified atom stereocenters. The van der Waals surface area contributed by atoms with Gasteiger partial charge in [-0.15, -0.1) is 0 Å². The molecule has 2 aromatic carbocycles. The summed E-state index contributed by atoms with van der Waals surface area (Å²) >= 11 is 0. The average molecular weight is 450 g/mol. The number of ether oxygens (including phenoxy) is 1. The minimum Gasteiger partial charge on any atom is -0.497 e. The first-order chi connectivity index (χ1) is 15.9. The van der Waals surface area contributed by atoms with Gasteiger partial charge >= 0.3 is 0 Å². The molecule has 0 radical (unpaired) electrons. The second-order valence-electron chi connectivity index (χ2n) is 9.48. The molecule has 0 aliphatic carbocycles. The van der Waals surface area contributed by atoms with E-state index in [0.717, 1.165) is 24.4 Å². The maximum Gasteiger partial charge on any atom is 0.228 e. The van der Waals surface area contributed by atoms with Gasteiger partial charge < -0.3 is 19.4 Å². The normalized spacial score (nSPS) is 20.9. The van der Waals surface area contributed by atoms with Gasteiger partial charge in [0.2, 0.25) is 11.8 Å². The molecule has 2 heterocycles. The predicted octanol–water partition coefficient (Wildman–Crippen LogP) is 3.55. The summed E-state index contributed by atoms with van der Waals surface area (Å²) in [6.45, 7) is 10.1. The molecule has 0 N–H and O–H groups in total. The topological polar surface area (TPSA) is 53.1 Å². The number of likely N-dealkylation sites (tertiary alicyclic amines) is 1. The van der Waals surface area contributed by atoms with Crippen LogP contribution in [0.1, 0.15) is 30.9 Å². The summed E-state index contributed by atoms with van der Waals surface area (Å²) in [4.78, 5) is 32.7. The lowest BCUT2D eigenvalue weighted by Gasteiger charge is -2.38. The Bertz CT molecular complexity index is 980. The number of benzene rings is 2. The Kier molecular flexibility index (Phi) is 6.91. The summed E-state index contributed by atoms with van der Waals surface area (Å²) in [7, 11) is 1.65. The largest absolute Gasteiger partial charge is 0.497 e. The number of rotatable bonds is 5. The minimum atomic E-state index is -0.217. The highest BCUT2D eigenvalue weighted by Crippen LogP contribution is 2.36. The van der Waals surface area contributed by atoms with Crippen LogP contribution in [0.15, 0.2) is 48.5 Å². The summed E-state index contributed by atoms with van der Waals surface area (Å²) in [6.07, 6.45) is 0. The van der Waals surface area contributed by atoms with E-state index in [0.29, 0.717) is 26.2 Å². The molecule has 4 rings (SSSR count). The van der Waals surface area contributed by atoms with Gasteiger partial charge in [-0.3, -0.25) is 9.59 Å². The Morgan fingerprint density at radius 2 is 1.58 bits per heavy atom. The molecular weight excluding hydrogens is 414 g/mol. The van der Waals surface area contributed by atoms with Crippen molar-refractivity contribution in [1.29, 1.82) is 0 Å². The first-order valence-corrected chi connectivity index (χ1v) is 11.9. The molecule has 6 heteroatoms. The van der Waals surface area contributed by atoms with Gasteiger partial charge in [-0.25, -0.2) is 0 Å². The molecule has 0 spiro atoms. The van der Waals surface area contributed by atoms with Crippen LogP contribution in [0.5, 0.6) is 5.75 Å². The zero-order valence-corrected chi connectivity index (χ0v) is 20.2. The number of piperazine rings is 1. The maximum absolute atomic E-state index is 13.7. The zero-order chi connectivity index (χ0) is 23.5. The second kappa shape index (κ2) is 9.86. The van der Waals surface area contributed by atoms with Crippen LogP contribution in [-0.2, 0) is 9.59 Å². The molecule has 0 saturated carbocycles. The van der Waals surface area contributed by atoms with Crippen molar-refractivity contribution < 1.29 is 14.3 Å². The van der Waals surface area contributed by atoms with Crippen LogP contribution in [-0.4, -0.2) is 68.0 Å². The lowest BCUT2D eigenvalue weighted by Crippen LogP contribution is -2.51. The van der Waals surface area contributed by atoms with Crippen LogP contribution in [0.25, 0.3) is 0 Å². The van der Waals surface area contributed by atoms with E-state index in [9.17, 15) is 9.59 Å². The first-order valence-electron chi connectivity index (χ1n) is 11.9. The van der Waals surface area contributed by atoms with E-state index in [2.05, 4.69) is 36.1 Å². The van der Waals surface area contributed by atoms with Crippen molar-refractivity contribution in [3.8, 4) is 5.75 Å². The number of nitrogens with zero attached hydrogens (tertiary/aromatic N) is 3. The number of carbonyl (C=O) groups excluding carboxylic acids is 2. The lowest BCUT2D eigenvalue weighted by molar-refractivity contribution is -0.136. The van der Waals surface area contributed by atoms with Crippen LogP contribution in [0, 0.1) is 18.8 Å². The molecule has 6 nitrogen and oxygen atoms in total. The van der Waals surface area contributed by atoms with Crippen LogP contribution in [0.4, 0.5) is 5.69 Å². The second-order valence-corrected chi connectivity index (χ2v) is 9.48. The van der Waals surface area contributed by atoms with Crippen molar-refractivity contribution >= 4 is 17.5 Å². The number of anilines is 1. The van der Waals surface area contributed by atoms with Gasteiger partial charge in [0.1, 0.15) is 5.75 Å². The molecule has 0 aromatic heterocycles. The predicted molar refractivity (Wildman–Crippen MR) is 131 cm³/mol. The van der Waals surface area contributed by atoms with Gasteiger partial charge in [-0.1, -0.05) is 44.2 Å². The molecule has 2 fully saturated rings. The number of carbonyl (C=O) groups is 2. The van der Waals surface area contributed by atoms with Gasteiger partial charge in [0.15, 0.2) is 0 Å². The molecule has 2 aliphatic heterocycles. The third kappa shape index (κ3) is 4.85. The summed E-state index contributed by atoms with van der Waals surface area (Å²) in [5.41, 5.74) is 3.59. The van der Waals surface area contributed by atoms with Crippen LogP contribution in [0.2, 0.25) is 0 Å². The standard InChI is InChI=1S/C27H35N3O3/c1-19(2)26(31)30-17-23(21-9-11-22(33-4)12-10-21)24(18-30)27(32)29-15-13-28(14-16-29)25-8-6-5-7-20(25)3/h5-12,19,23-24H,13-18H2,1-4H3/t23-,24+/m0/s1. The molecular formula is C27H35N3O3. The zero-order valence-electron chi connectivity index (χ0n) is 20.2. The van der Waals surface area contributed by atoms with Crippen LogP contribution >= 0.6 is 0 Å². The fourth-order valence-corrected chi connectivity index (χ4v) is 5.11. The van der Waals surface area contributed by atoms with Gasteiger partial charge in [-0.05, 0) is 36.2 Å². The summed E-state index contributed by atoms with van der Waals surface area (Å²) < 4.78 is 5.30. The Morgan fingerprint density at radius 1 is 0.909 bits per heavy atom. The van der Waals surface area contributed by atoms with E-state index in [-0.39, 0.29) is 29.6 Å². The van der Waals surface area contributed by atoms with E-state index in [1.54, 1.807) is 7.11 Å². The third-order valence-corrected chi connectivity index (χ3v) is 7.03. The monoisotopic (exact) mass is 449 g/mol. The van der Waals surface area contributed by atoms with Gasteiger partial charge in [-0.2, -0.15) is 0 Å². The van der Waals surface area contributed by atoms with Gasteiger partial charge in [0.25, 0.3) is 0 Å². The van der Waals surface area contributed by atoms with Crippen LogP contribution < -0.4 is 9.64 Å². The number of methoxy groups -OCH3 is 1.